The summed E-state index contributed by atoms with van der Waals surface area (Å²) in [5.74, 6) is 0.210. The highest BCUT2D eigenvalue weighted by Crippen LogP contribution is 2.58. The zero-order valence-electron chi connectivity index (χ0n) is 15.9. The number of likely N-dealkylation sites (tertiary alicyclic amines) is 1. The lowest BCUT2D eigenvalue weighted by Gasteiger charge is -2.17. The molecule has 1 aliphatic carbocycles. The standard InChI is InChI=1S/C22H25N3O2/c1-15-3-4-18(11-16(15)2)21(27)25-10-7-22(14-25)12-19(22)20(26)24-13-17-5-8-23-9-6-17/h3-6,8-9,11,19H,7,10,12-14H2,1-2H3,(H,24,26)/t19-,22+/m0/s1. The number of nitrogens with zero attached hydrogens (tertiary/aromatic N) is 2. The van der Waals surface area contributed by atoms with Crippen LogP contribution >= 0.6 is 0 Å². The van der Waals surface area contributed by atoms with E-state index in [9.17, 15) is 9.59 Å². The fourth-order valence-corrected chi connectivity index (χ4v) is 4.11. The average Bonchev–Trinajstić information content (AvgIpc) is 3.22. The van der Waals surface area contributed by atoms with Gasteiger partial charge in [0.05, 0.1) is 0 Å². The molecule has 2 heterocycles. The molecule has 1 aromatic carbocycles. The Kier molecular flexibility index (Phi) is 4.46. The lowest BCUT2D eigenvalue weighted by atomic mass is 10.0. The molecule has 0 bridgehead atoms. The molecule has 1 aromatic heterocycles. The Morgan fingerprint density at radius 3 is 2.70 bits per heavy atom. The fourth-order valence-electron chi connectivity index (χ4n) is 4.11. The van der Waals surface area contributed by atoms with Gasteiger partial charge in [-0.3, -0.25) is 14.6 Å². The number of aryl methyl sites for hydroxylation is 2. The van der Waals surface area contributed by atoms with Crippen LogP contribution in [0.15, 0.2) is 42.7 Å². The maximum Gasteiger partial charge on any atom is 0.253 e. The summed E-state index contributed by atoms with van der Waals surface area (Å²) >= 11 is 0. The molecule has 2 aliphatic rings. The summed E-state index contributed by atoms with van der Waals surface area (Å²) in [6, 6.07) is 9.68. The maximum absolute atomic E-state index is 12.8. The minimum absolute atomic E-state index is 0.0161. The number of hydrogen-bond donors (Lipinski definition) is 1. The second kappa shape index (κ2) is 6.80. The van der Waals surface area contributed by atoms with Gasteiger partial charge in [0.15, 0.2) is 0 Å². The Hall–Kier alpha value is -2.69. The van der Waals surface area contributed by atoms with Crippen molar-refractivity contribution in [2.45, 2.75) is 33.2 Å². The molecule has 140 valence electrons. The molecule has 1 spiro atoms. The Labute approximate surface area is 159 Å². The minimum Gasteiger partial charge on any atom is -0.352 e. The number of benzene rings is 1. The minimum atomic E-state index is -0.0161. The summed E-state index contributed by atoms with van der Waals surface area (Å²) in [7, 11) is 0. The molecule has 4 rings (SSSR count). The molecule has 2 aromatic rings. The van der Waals surface area contributed by atoms with Gasteiger partial charge >= 0.3 is 0 Å². The molecule has 2 atom stereocenters. The van der Waals surface area contributed by atoms with Crippen LogP contribution in [0.25, 0.3) is 0 Å². The highest BCUT2D eigenvalue weighted by atomic mass is 16.2. The van der Waals surface area contributed by atoms with Gasteiger partial charge in [-0.05, 0) is 67.6 Å². The lowest BCUT2D eigenvalue weighted by molar-refractivity contribution is -0.123. The predicted molar refractivity (Wildman–Crippen MR) is 103 cm³/mol. The van der Waals surface area contributed by atoms with E-state index >= 15 is 0 Å². The first kappa shape index (κ1) is 17.7. The van der Waals surface area contributed by atoms with E-state index in [1.807, 2.05) is 49.1 Å². The molecule has 5 nitrogen and oxygen atoms in total. The quantitative estimate of drug-likeness (QED) is 0.909. The summed E-state index contributed by atoms with van der Waals surface area (Å²) in [4.78, 5) is 31.3. The van der Waals surface area contributed by atoms with E-state index in [0.29, 0.717) is 13.1 Å². The number of rotatable bonds is 4. The van der Waals surface area contributed by atoms with Crippen molar-refractivity contribution in [1.82, 2.24) is 15.2 Å². The van der Waals surface area contributed by atoms with Gasteiger partial charge in [0, 0.05) is 48.9 Å². The van der Waals surface area contributed by atoms with Gasteiger partial charge < -0.3 is 10.2 Å². The number of amides is 2. The maximum atomic E-state index is 12.8. The molecule has 2 amide bonds. The normalized spacial score (nSPS) is 23.5. The van der Waals surface area contributed by atoms with Crippen molar-refractivity contribution in [1.29, 1.82) is 0 Å². The molecule has 5 heteroatoms. The van der Waals surface area contributed by atoms with E-state index in [-0.39, 0.29) is 23.1 Å². The van der Waals surface area contributed by atoms with Crippen molar-refractivity contribution in [2.24, 2.45) is 11.3 Å². The van der Waals surface area contributed by atoms with E-state index in [2.05, 4.69) is 10.3 Å². The van der Waals surface area contributed by atoms with E-state index in [1.165, 1.54) is 5.56 Å². The number of aromatic nitrogens is 1. The summed E-state index contributed by atoms with van der Waals surface area (Å²) in [6.45, 7) is 6.03. The van der Waals surface area contributed by atoms with E-state index < -0.39 is 0 Å². The van der Waals surface area contributed by atoms with Gasteiger partial charge in [-0.15, -0.1) is 0 Å². The van der Waals surface area contributed by atoms with Crippen LogP contribution in [-0.4, -0.2) is 34.8 Å². The van der Waals surface area contributed by atoms with Crippen molar-refractivity contribution in [2.75, 3.05) is 13.1 Å². The van der Waals surface area contributed by atoms with Crippen LogP contribution < -0.4 is 5.32 Å². The third-order valence-corrected chi connectivity index (χ3v) is 6.15. The molecular formula is C22H25N3O2. The number of carbonyl (C=O) groups is 2. The highest BCUT2D eigenvalue weighted by Gasteiger charge is 2.61. The topological polar surface area (TPSA) is 62.3 Å². The number of hydrogen-bond acceptors (Lipinski definition) is 3. The summed E-state index contributed by atoms with van der Waals surface area (Å²) in [6.07, 6.45) is 5.25. The zero-order chi connectivity index (χ0) is 19.0. The third-order valence-electron chi connectivity index (χ3n) is 6.15. The fraction of sp³-hybridized carbons (Fsp3) is 0.409. The van der Waals surface area contributed by atoms with Crippen LogP contribution in [0.4, 0.5) is 0 Å². The first-order chi connectivity index (χ1) is 13.0. The van der Waals surface area contributed by atoms with E-state index in [4.69, 9.17) is 0 Å². The van der Waals surface area contributed by atoms with Crippen LogP contribution in [-0.2, 0) is 11.3 Å². The first-order valence-corrected chi connectivity index (χ1v) is 9.52. The molecule has 1 aliphatic heterocycles. The summed E-state index contributed by atoms with van der Waals surface area (Å²) in [5.41, 5.74) is 4.10. The Morgan fingerprint density at radius 2 is 1.96 bits per heavy atom. The average molecular weight is 363 g/mol. The lowest BCUT2D eigenvalue weighted by Crippen LogP contribution is -2.31. The second-order valence-electron chi connectivity index (χ2n) is 7.97. The van der Waals surface area contributed by atoms with E-state index in [1.54, 1.807) is 12.4 Å². The molecule has 2 fully saturated rings. The van der Waals surface area contributed by atoms with Crippen LogP contribution in [0.5, 0.6) is 0 Å². The van der Waals surface area contributed by atoms with Crippen LogP contribution in [0, 0.1) is 25.2 Å². The zero-order valence-corrected chi connectivity index (χ0v) is 15.9. The summed E-state index contributed by atoms with van der Waals surface area (Å²) < 4.78 is 0. The molecule has 0 unspecified atom stereocenters. The first-order valence-electron chi connectivity index (χ1n) is 9.52. The van der Waals surface area contributed by atoms with Crippen molar-refractivity contribution < 1.29 is 9.59 Å². The van der Waals surface area contributed by atoms with Gasteiger partial charge in [0.25, 0.3) is 5.91 Å². The van der Waals surface area contributed by atoms with Crippen LogP contribution in [0.2, 0.25) is 0 Å². The van der Waals surface area contributed by atoms with Crippen molar-refractivity contribution in [3.05, 3.63) is 65.0 Å². The Balaban J connectivity index is 1.35. The SMILES string of the molecule is Cc1ccc(C(=O)N2CC[C@@]3(C[C@H]3C(=O)NCc3ccncc3)C2)cc1C. The molecular weight excluding hydrogens is 338 g/mol. The smallest absolute Gasteiger partial charge is 0.253 e. The summed E-state index contributed by atoms with van der Waals surface area (Å²) in [5, 5.41) is 3.03. The number of carbonyl (C=O) groups excluding carboxylic acids is 2. The van der Waals surface area contributed by atoms with Gasteiger partial charge in [-0.2, -0.15) is 0 Å². The van der Waals surface area contributed by atoms with Crippen molar-refractivity contribution >= 4 is 11.8 Å². The Bertz CT molecular complexity index is 880. The second-order valence-corrected chi connectivity index (χ2v) is 7.97. The monoisotopic (exact) mass is 363 g/mol. The largest absolute Gasteiger partial charge is 0.352 e. The molecule has 1 saturated heterocycles. The predicted octanol–water partition coefficient (Wildman–Crippen LogP) is 2.87. The number of pyridine rings is 1. The van der Waals surface area contributed by atoms with Crippen molar-refractivity contribution in [3.8, 4) is 0 Å². The van der Waals surface area contributed by atoms with E-state index in [0.717, 1.165) is 36.1 Å². The Morgan fingerprint density at radius 1 is 1.19 bits per heavy atom. The van der Waals surface area contributed by atoms with Gasteiger partial charge in [0.2, 0.25) is 5.91 Å². The third kappa shape index (κ3) is 3.46. The van der Waals surface area contributed by atoms with Gasteiger partial charge in [-0.1, -0.05) is 6.07 Å². The molecule has 0 radical (unpaired) electrons. The van der Waals surface area contributed by atoms with Gasteiger partial charge in [0.1, 0.15) is 0 Å². The number of nitrogens with one attached hydrogen (secondary N) is 1. The highest BCUT2D eigenvalue weighted by molar-refractivity contribution is 5.95. The van der Waals surface area contributed by atoms with Crippen LogP contribution in [0.1, 0.15) is 39.9 Å². The van der Waals surface area contributed by atoms with Crippen molar-refractivity contribution in [3.63, 3.8) is 0 Å². The van der Waals surface area contributed by atoms with Crippen LogP contribution in [0.3, 0.4) is 0 Å². The molecule has 1 N–H and O–H groups in total. The molecule has 1 saturated carbocycles. The molecule has 27 heavy (non-hydrogen) atoms. The van der Waals surface area contributed by atoms with Gasteiger partial charge in [-0.25, -0.2) is 0 Å².